The Kier molecular flexibility index (Phi) is 6.36. The molecule has 0 radical (unpaired) electrons. The number of amides is 2. The zero-order valence-electron chi connectivity index (χ0n) is 12.4. The number of carbonyl (C=O) groups is 1. The van der Waals surface area contributed by atoms with Gasteiger partial charge in [0.25, 0.3) is 0 Å². The van der Waals surface area contributed by atoms with E-state index in [9.17, 15) is 4.79 Å². The van der Waals surface area contributed by atoms with Crippen molar-refractivity contribution in [2.75, 3.05) is 31.5 Å². The molecule has 4 nitrogen and oxygen atoms in total. The first-order valence-electron chi connectivity index (χ1n) is 6.91. The van der Waals surface area contributed by atoms with Gasteiger partial charge < -0.3 is 15.5 Å². The summed E-state index contributed by atoms with van der Waals surface area (Å²) in [6.45, 7) is 11.9. The SMILES string of the molecule is CCN(CC)CCNC(=O)Nc1ccc(C)c(C)c1. The summed E-state index contributed by atoms with van der Waals surface area (Å²) in [5.41, 5.74) is 3.25. The minimum Gasteiger partial charge on any atom is -0.337 e. The Morgan fingerprint density at radius 3 is 2.42 bits per heavy atom. The molecule has 0 spiro atoms. The van der Waals surface area contributed by atoms with Crippen molar-refractivity contribution in [2.45, 2.75) is 27.7 Å². The third-order valence-corrected chi connectivity index (χ3v) is 3.37. The van der Waals surface area contributed by atoms with E-state index in [1.807, 2.05) is 25.1 Å². The number of rotatable bonds is 6. The summed E-state index contributed by atoms with van der Waals surface area (Å²) in [5.74, 6) is 0. The number of nitrogens with zero attached hydrogens (tertiary/aromatic N) is 1. The second-order valence-electron chi connectivity index (χ2n) is 4.71. The molecule has 4 heteroatoms. The molecule has 0 aliphatic carbocycles. The van der Waals surface area contributed by atoms with Crippen LogP contribution in [0.4, 0.5) is 10.5 Å². The average Bonchev–Trinajstić information content (AvgIpc) is 2.39. The van der Waals surface area contributed by atoms with Crippen LogP contribution >= 0.6 is 0 Å². The number of hydrogen-bond acceptors (Lipinski definition) is 2. The van der Waals surface area contributed by atoms with Gasteiger partial charge in [0.2, 0.25) is 0 Å². The van der Waals surface area contributed by atoms with E-state index in [2.05, 4.69) is 36.3 Å². The fourth-order valence-electron chi connectivity index (χ4n) is 1.86. The molecule has 1 aromatic rings. The molecule has 0 heterocycles. The van der Waals surface area contributed by atoms with Gasteiger partial charge in [-0.05, 0) is 50.2 Å². The monoisotopic (exact) mass is 263 g/mol. The molecule has 0 aromatic heterocycles. The maximum Gasteiger partial charge on any atom is 0.319 e. The molecule has 19 heavy (non-hydrogen) atoms. The lowest BCUT2D eigenvalue weighted by atomic mass is 10.1. The third kappa shape index (κ3) is 5.30. The van der Waals surface area contributed by atoms with Gasteiger partial charge in [0.05, 0.1) is 0 Å². The largest absolute Gasteiger partial charge is 0.337 e. The fourth-order valence-corrected chi connectivity index (χ4v) is 1.86. The lowest BCUT2D eigenvalue weighted by molar-refractivity contribution is 0.248. The first-order valence-corrected chi connectivity index (χ1v) is 6.91. The predicted octanol–water partition coefficient (Wildman–Crippen LogP) is 2.77. The molecule has 0 aliphatic rings. The highest BCUT2D eigenvalue weighted by atomic mass is 16.2. The van der Waals surface area contributed by atoms with Gasteiger partial charge in [0, 0.05) is 18.8 Å². The van der Waals surface area contributed by atoms with Crippen molar-refractivity contribution in [2.24, 2.45) is 0 Å². The molecular formula is C15H25N3O. The molecule has 0 saturated carbocycles. The van der Waals surface area contributed by atoms with Crippen LogP contribution in [-0.4, -0.2) is 37.1 Å². The molecule has 1 aromatic carbocycles. The molecule has 2 amide bonds. The Bertz CT molecular complexity index is 414. The second kappa shape index (κ2) is 7.79. The number of benzene rings is 1. The summed E-state index contributed by atoms with van der Waals surface area (Å²) in [4.78, 5) is 14.0. The molecule has 2 N–H and O–H groups in total. The van der Waals surface area contributed by atoms with Crippen LogP contribution in [-0.2, 0) is 0 Å². The van der Waals surface area contributed by atoms with Gasteiger partial charge in [0.1, 0.15) is 0 Å². The number of likely N-dealkylation sites (N-methyl/N-ethyl adjacent to an activating group) is 1. The maximum atomic E-state index is 11.7. The molecule has 1 rings (SSSR count). The topological polar surface area (TPSA) is 44.4 Å². The van der Waals surface area contributed by atoms with Crippen molar-refractivity contribution in [3.05, 3.63) is 29.3 Å². The van der Waals surface area contributed by atoms with E-state index in [0.29, 0.717) is 6.54 Å². The zero-order valence-corrected chi connectivity index (χ0v) is 12.4. The predicted molar refractivity (Wildman–Crippen MR) is 80.7 cm³/mol. The van der Waals surface area contributed by atoms with Crippen molar-refractivity contribution in [3.63, 3.8) is 0 Å². The summed E-state index contributed by atoms with van der Waals surface area (Å²) in [5, 5.41) is 5.72. The number of hydrogen-bond donors (Lipinski definition) is 2. The van der Waals surface area contributed by atoms with E-state index in [1.54, 1.807) is 0 Å². The smallest absolute Gasteiger partial charge is 0.319 e. The van der Waals surface area contributed by atoms with Crippen molar-refractivity contribution in [3.8, 4) is 0 Å². The van der Waals surface area contributed by atoms with E-state index in [4.69, 9.17) is 0 Å². The van der Waals surface area contributed by atoms with Crippen molar-refractivity contribution < 1.29 is 4.79 Å². The highest BCUT2D eigenvalue weighted by molar-refractivity contribution is 5.89. The Labute approximate surface area is 116 Å². The van der Waals surface area contributed by atoms with Crippen LogP contribution in [0.5, 0.6) is 0 Å². The van der Waals surface area contributed by atoms with Crippen molar-refractivity contribution in [1.82, 2.24) is 10.2 Å². The lowest BCUT2D eigenvalue weighted by Crippen LogP contribution is -2.36. The second-order valence-corrected chi connectivity index (χ2v) is 4.71. The first-order chi connectivity index (χ1) is 9.06. The number of aryl methyl sites for hydroxylation is 2. The molecular weight excluding hydrogens is 238 g/mol. The number of carbonyl (C=O) groups excluding carboxylic acids is 1. The van der Waals surface area contributed by atoms with Crippen LogP contribution in [0, 0.1) is 13.8 Å². The minimum atomic E-state index is -0.143. The van der Waals surface area contributed by atoms with Crippen molar-refractivity contribution in [1.29, 1.82) is 0 Å². The molecule has 0 unspecified atom stereocenters. The Balaban J connectivity index is 2.36. The van der Waals surface area contributed by atoms with E-state index < -0.39 is 0 Å². The summed E-state index contributed by atoms with van der Waals surface area (Å²) in [7, 11) is 0. The lowest BCUT2D eigenvalue weighted by Gasteiger charge is -2.18. The van der Waals surface area contributed by atoms with Crippen LogP contribution in [0.15, 0.2) is 18.2 Å². The molecule has 0 bridgehead atoms. The van der Waals surface area contributed by atoms with Gasteiger partial charge in [0.15, 0.2) is 0 Å². The van der Waals surface area contributed by atoms with Crippen LogP contribution in [0.1, 0.15) is 25.0 Å². The molecule has 0 saturated heterocycles. The molecule has 0 aliphatic heterocycles. The first kappa shape index (κ1) is 15.5. The summed E-state index contributed by atoms with van der Waals surface area (Å²) in [6.07, 6.45) is 0. The van der Waals surface area contributed by atoms with Gasteiger partial charge in [-0.15, -0.1) is 0 Å². The summed E-state index contributed by atoms with van der Waals surface area (Å²) in [6, 6.07) is 5.78. The fraction of sp³-hybridized carbons (Fsp3) is 0.533. The van der Waals surface area contributed by atoms with Gasteiger partial charge in [-0.25, -0.2) is 4.79 Å². The zero-order chi connectivity index (χ0) is 14.3. The van der Waals surface area contributed by atoms with Gasteiger partial charge in [-0.1, -0.05) is 19.9 Å². The van der Waals surface area contributed by atoms with Gasteiger partial charge >= 0.3 is 6.03 Å². The molecule has 106 valence electrons. The average molecular weight is 263 g/mol. The summed E-state index contributed by atoms with van der Waals surface area (Å²) >= 11 is 0. The van der Waals surface area contributed by atoms with Crippen molar-refractivity contribution >= 4 is 11.7 Å². The minimum absolute atomic E-state index is 0.143. The van der Waals surface area contributed by atoms with E-state index in [1.165, 1.54) is 11.1 Å². The van der Waals surface area contributed by atoms with E-state index >= 15 is 0 Å². The quantitative estimate of drug-likeness (QED) is 0.829. The third-order valence-electron chi connectivity index (χ3n) is 3.37. The standard InChI is InChI=1S/C15H25N3O/c1-5-18(6-2)10-9-16-15(19)17-14-8-7-12(3)13(4)11-14/h7-8,11H,5-6,9-10H2,1-4H3,(H2,16,17,19). The van der Waals surface area contributed by atoms with Gasteiger partial charge in [-0.2, -0.15) is 0 Å². The maximum absolute atomic E-state index is 11.7. The van der Waals surface area contributed by atoms with Crippen LogP contribution in [0.25, 0.3) is 0 Å². The number of urea groups is 1. The van der Waals surface area contributed by atoms with Crippen LogP contribution in [0.3, 0.4) is 0 Å². The normalized spacial score (nSPS) is 10.6. The Morgan fingerprint density at radius 2 is 1.84 bits per heavy atom. The molecule has 0 fully saturated rings. The Morgan fingerprint density at radius 1 is 1.16 bits per heavy atom. The molecule has 0 atom stereocenters. The van der Waals surface area contributed by atoms with Crippen LogP contribution < -0.4 is 10.6 Å². The van der Waals surface area contributed by atoms with E-state index in [0.717, 1.165) is 25.3 Å². The number of nitrogens with one attached hydrogen (secondary N) is 2. The summed E-state index contributed by atoms with van der Waals surface area (Å²) < 4.78 is 0. The number of anilines is 1. The van der Waals surface area contributed by atoms with Crippen LogP contribution in [0.2, 0.25) is 0 Å². The van der Waals surface area contributed by atoms with Gasteiger partial charge in [-0.3, -0.25) is 0 Å². The highest BCUT2D eigenvalue weighted by Crippen LogP contribution is 2.13. The van der Waals surface area contributed by atoms with E-state index in [-0.39, 0.29) is 6.03 Å². The highest BCUT2D eigenvalue weighted by Gasteiger charge is 2.03. The Hall–Kier alpha value is -1.55.